The highest BCUT2D eigenvalue weighted by Crippen LogP contribution is 2.08. The lowest BCUT2D eigenvalue weighted by atomic mass is 10.2. The third-order valence-electron chi connectivity index (χ3n) is 1.80. The molecule has 0 amide bonds. The molecule has 0 saturated carbocycles. The summed E-state index contributed by atoms with van der Waals surface area (Å²) >= 11 is 0. The second kappa shape index (κ2) is 3.60. The number of hydrogen-bond donors (Lipinski definition) is 0. The lowest BCUT2D eigenvalue weighted by Gasteiger charge is -2.06. The molecule has 0 fully saturated rings. The molecule has 1 aromatic rings. The summed E-state index contributed by atoms with van der Waals surface area (Å²) in [6.45, 7) is 5.48. The first-order chi connectivity index (χ1) is 6.02. The zero-order valence-electron chi connectivity index (χ0n) is 8.37. The first-order valence-corrected chi connectivity index (χ1v) is 4.22. The van der Waals surface area contributed by atoms with Crippen molar-refractivity contribution in [3.63, 3.8) is 0 Å². The van der Waals surface area contributed by atoms with Gasteiger partial charge in [0.05, 0.1) is 12.3 Å². The standard InChI is InChI=1S/C9H14N2O2/c1-6(2)13-9(12)8-5-10-11(4)7(8)3/h5-6H,1-4H3. The van der Waals surface area contributed by atoms with Crippen molar-refractivity contribution in [2.45, 2.75) is 26.9 Å². The Morgan fingerprint density at radius 3 is 2.62 bits per heavy atom. The Labute approximate surface area is 77.5 Å². The number of esters is 1. The van der Waals surface area contributed by atoms with E-state index in [9.17, 15) is 4.79 Å². The van der Waals surface area contributed by atoms with E-state index in [1.165, 1.54) is 6.20 Å². The van der Waals surface area contributed by atoms with Gasteiger partial charge in [0.2, 0.25) is 0 Å². The molecule has 0 saturated heterocycles. The zero-order chi connectivity index (χ0) is 10.0. The number of ether oxygens (including phenoxy) is 1. The molecule has 13 heavy (non-hydrogen) atoms. The molecule has 0 bridgehead atoms. The maximum atomic E-state index is 11.4. The molecule has 1 aromatic heterocycles. The van der Waals surface area contributed by atoms with Gasteiger partial charge in [0, 0.05) is 12.7 Å². The van der Waals surface area contributed by atoms with E-state index in [1.54, 1.807) is 11.7 Å². The van der Waals surface area contributed by atoms with Crippen LogP contribution in [0.5, 0.6) is 0 Å². The molecular weight excluding hydrogens is 168 g/mol. The first kappa shape index (κ1) is 9.77. The van der Waals surface area contributed by atoms with Crippen molar-refractivity contribution in [3.05, 3.63) is 17.5 Å². The molecule has 0 radical (unpaired) electrons. The predicted molar refractivity (Wildman–Crippen MR) is 48.5 cm³/mol. The van der Waals surface area contributed by atoms with Crippen LogP contribution < -0.4 is 0 Å². The van der Waals surface area contributed by atoms with Gasteiger partial charge in [-0.2, -0.15) is 5.10 Å². The topological polar surface area (TPSA) is 44.1 Å². The van der Waals surface area contributed by atoms with Crippen molar-refractivity contribution in [3.8, 4) is 0 Å². The van der Waals surface area contributed by atoms with Crippen LogP contribution in [0.3, 0.4) is 0 Å². The molecule has 4 nitrogen and oxygen atoms in total. The predicted octanol–water partition coefficient (Wildman–Crippen LogP) is 1.29. The molecule has 1 heterocycles. The van der Waals surface area contributed by atoms with Crippen molar-refractivity contribution >= 4 is 5.97 Å². The Morgan fingerprint density at radius 1 is 1.62 bits per heavy atom. The lowest BCUT2D eigenvalue weighted by Crippen LogP contribution is -2.12. The third-order valence-corrected chi connectivity index (χ3v) is 1.80. The molecule has 0 unspecified atom stereocenters. The number of carbonyl (C=O) groups is 1. The van der Waals surface area contributed by atoms with Crippen molar-refractivity contribution in [1.82, 2.24) is 9.78 Å². The van der Waals surface area contributed by atoms with Crippen LogP contribution in [0.2, 0.25) is 0 Å². The van der Waals surface area contributed by atoms with Crippen LogP contribution in [0.4, 0.5) is 0 Å². The molecule has 72 valence electrons. The summed E-state index contributed by atoms with van der Waals surface area (Å²) in [5.74, 6) is -0.305. The number of aryl methyl sites for hydroxylation is 1. The van der Waals surface area contributed by atoms with E-state index >= 15 is 0 Å². The quantitative estimate of drug-likeness (QED) is 0.647. The summed E-state index contributed by atoms with van der Waals surface area (Å²) in [4.78, 5) is 11.4. The first-order valence-electron chi connectivity index (χ1n) is 4.22. The van der Waals surface area contributed by atoms with E-state index < -0.39 is 0 Å². The number of carbonyl (C=O) groups excluding carboxylic acids is 1. The Kier molecular flexibility index (Phi) is 2.70. The minimum absolute atomic E-state index is 0.0906. The smallest absolute Gasteiger partial charge is 0.341 e. The number of nitrogens with zero attached hydrogens (tertiary/aromatic N) is 2. The fraction of sp³-hybridized carbons (Fsp3) is 0.556. The average molecular weight is 182 g/mol. The molecule has 0 aliphatic heterocycles. The largest absolute Gasteiger partial charge is 0.459 e. The van der Waals surface area contributed by atoms with Crippen LogP contribution in [0.15, 0.2) is 6.20 Å². The van der Waals surface area contributed by atoms with Gasteiger partial charge in [0.25, 0.3) is 0 Å². The molecule has 0 aromatic carbocycles. The van der Waals surface area contributed by atoms with Gasteiger partial charge in [-0.25, -0.2) is 4.79 Å². The molecule has 4 heteroatoms. The highest BCUT2D eigenvalue weighted by molar-refractivity contribution is 5.90. The maximum absolute atomic E-state index is 11.4. The van der Waals surface area contributed by atoms with Crippen molar-refractivity contribution in [1.29, 1.82) is 0 Å². The fourth-order valence-electron chi connectivity index (χ4n) is 0.977. The number of hydrogen-bond acceptors (Lipinski definition) is 3. The van der Waals surface area contributed by atoms with E-state index in [-0.39, 0.29) is 12.1 Å². The van der Waals surface area contributed by atoms with Gasteiger partial charge >= 0.3 is 5.97 Å². The number of rotatable bonds is 2. The van der Waals surface area contributed by atoms with Crippen LogP contribution >= 0.6 is 0 Å². The van der Waals surface area contributed by atoms with E-state index in [4.69, 9.17) is 4.74 Å². The Morgan fingerprint density at radius 2 is 2.23 bits per heavy atom. The second-order valence-corrected chi connectivity index (χ2v) is 3.22. The van der Waals surface area contributed by atoms with Gasteiger partial charge in [0.15, 0.2) is 0 Å². The highest BCUT2D eigenvalue weighted by atomic mass is 16.5. The summed E-state index contributed by atoms with van der Waals surface area (Å²) in [5.41, 5.74) is 1.36. The van der Waals surface area contributed by atoms with Gasteiger partial charge in [-0.05, 0) is 20.8 Å². The minimum Gasteiger partial charge on any atom is -0.459 e. The molecule has 0 aliphatic carbocycles. The van der Waals surface area contributed by atoms with E-state index in [1.807, 2.05) is 20.8 Å². The van der Waals surface area contributed by atoms with E-state index in [2.05, 4.69) is 5.10 Å². The summed E-state index contributed by atoms with van der Waals surface area (Å²) in [6.07, 6.45) is 1.44. The molecule has 0 spiro atoms. The third kappa shape index (κ3) is 2.08. The van der Waals surface area contributed by atoms with E-state index in [0.717, 1.165) is 5.69 Å². The monoisotopic (exact) mass is 182 g/mol. The molecule has 1 rings (SSSR count). The van der Waals surface area contributed by atoms with Crippen molar-refractivity contribution < 1.29 is 9.53 Å². The van der Waals surface area contributed by atoms with Crippen LogP contribution in [0.25, 0.3) is 0 Å². The minimum atomic E-state index is -0.305. The maximum Gasteiger partial charge on any atom is 0.341 e. The Bertz CT molecular complexity index is 315. The summed E-state index contributed by atoms with van der Waals surface area (Å²) in [7, 11) is 1.79. The van der Waals surface area contributed by atoms with Gasteiger partial charge in [-0.1, -0.05) is 0 Å². The van der Waals surface area contributed by atoms with Gasteiger partial charge in [-0.3, -0.25) is 4.68 Å². The zero-order valence-corrected chi connectivity index (χ0v) is 8.37. The van der Waals surface area contributed by atoms with Crippen molar-refractivity contribution in [2.75, 3.05) is 0 Å². The molecule has 0 atom stereocenters. The second-order valence-electron chi connectivity index (χ2n) is 3.22. The Balaban J connectivity index is 2.83. The molecule has 0 aliphatic rings. The highest BCUT2D eigenvalue weighted by Gasteiger charge is 2.14. The number of aromatic nitrogens is 2. The van der Waals surface area contributed by atoms with Crippen LogP contribution in [-0.4, -0.2) is 21.9 Å². The van der Waals surface area contributed by atoms with E-state index in [0.29, 0.717) is 5.56 Å². The van der Waals surface area contributed by atoms with Gasteiger partial charge in [0.1, 0.15) is 5.56 Å². The average Bonchev–Trinajstić information content (AvgIpc) is 2.31. The summed E-state index contributed by atoms with van der Waals surface area (Å²) in [5, 5.41) is 3.96. The van der Waals surface area contributed by atoms with Crippen molar-refractivity contribution in [2.24, 2.45) is 7.05 Å². The SMILES string of the molecule is Cc1c(C(=O)OC(C)C)cnn1C. The van der Waals surface area contributed by atoms with Gasteiger partial charge < -0.3 is 4.74 Å². The Hall–Kier alpha value is -1.32. The molecular formula is C9H14N2O2. The summed E-state index contributed by atoms with van der Waals surface area (Å²) in [6, 6.07) is 0. The summed E-state index contributed by atoms with van der Waals surface area (Å²) < 4.78 is 6.69. The molecule has 0 N–H and O–H groups in total. The lowest BCUT2D eigenvalue weighted by molar-refractivity contribution is 0.0377. The van der Waals surface area contributed by atoms with Crippen LogP contribution in [0.1, 0.15) is 29.9 Å². The van der Waals surface area contributed by atoms with Gasteiger partial charge in [-0.15, -0.1) is 0 Å². The fourth-order valence-corrected chi connectivity index (χ4v) is 0.977. The van der Waals surface area contributed by atoms with Crippen LogP contribution in [0, 0.1) is 6.92 Å². The van der Waals surface area contributed by atoms with Crippen LogP contribution in [-0.2, 0) is 11.8 Å². The normalized spacial score (nSPS) is 10.5.